The van der Waals surface area contributed by atoms with Crippen LogP contribution in [-0.2, 0) is 19.4 Å². The van der Waals surface area contributed by atoms with Crippen LogP contribution in [-0.4, -0.2) is 53.8 Å². The van der Waals surface area contributed by atoms with E-state index >= 15 is 0 Å². The van der Waals surface area contributed by atoms with Crippen molar-refractivity contribution in [1.29, 1.82) is 0 Å². The van der Waals surface area contributed by atoms with Crippen LogP contribution in [0.2, 0.25) is 0 Å². The van der Waals surface area contributed by atoms with E-state index in [1.54, 1.807) is 13.1 Å². The second kappa shape index (κ2) is 7.21. The highest BCUT2D eigenvalue weighted by Gasteiger charge is 2.29. The number of ether oxygens (including phenoxy) is 1. The summed E-state index contributed by atoms with van der Waals surface area (Å²) in [7, 11) is -2.96. The molecule has 8 heteroatoms. The first-order chi connectivity index (χ1) is 11.9. The van der Waals surface area contributed by atoms with Crippen LogP contribution >= 0.6 is 11.8 Å². The molecule has 2 aromatic rings. The van der Waals surface area contributed by atoms with Gasteiger partial charge >= 0.3 is 5.97 Å². The number of carbonyl (C=O) groups excluding carboxylic acids is 2. The van der Waals surface area contributed by atoms with E-state index in [0.717, 1.165) is 10.9 Å². The van der Waals surface area contributed by atoms with Crippen LogP contribution in [0.3, 0.4) is 0 Å². The Morgan fingerprint density at radius 1 is 1.36 bits per heavy atom. The topological polar surface area (TPSA) is 93.3 Å². The van der Waals surface area contributed by atoms with Crippen LogP contribution in [0.1, 0.15) is 23.7 Å². The second-order valence-corrected chi connectivity index (χ2v) is 9.60. The lowest BCUT2D eigenvalue weighted by Gasteiger charge is -2.13. The van der Waals surface area contributed by atoms with Gasteiger partial charge in [-0.15, -0.1) is 11.8 Å². The van der Waals surface area contributed by atoms with Crippen LogP contribution in [0.15, 0.2) is 30.5 Å². The number of rotatable bonds is 6. The molecule has 134 valence electrons. The average Bonchev–Trinajstić information content (AvgIpc) is 3.15. The van der Waals surface area contributed by atoms with Gasteiger partial charge in [0.2, 0.25) is 5.78 Å². The third-order valence-electron chi connectivity index (χ3n) is 4.16. The Balaban J connectivity index is 1.55. The number of thioether (sulfide) groups is 1. The Morgan fingerprint density at radius 3 is 2.84 bits per heavy atom. The maximum absolute atomic E-state index is 12.5. The van der Waals surface area contributed by atoms with Crippen molar-refractivity contribution in [2.45, 2.75) is 24.7 Å². The third-order valence-corrected chi connectivity index (χ3v) is 7.41. The number of esters is 1. The smallest absolute Gasteiger partial charge is 0.316 e. The molecule has 6 nitrogen and oxygen atoms in total. The van der Waals surface area contributed by atoms with Crippen molar-refractivity contribution in [2.24, 2.45) is 0 Å². The van der Waals surface area contributed by atoms with Gasteiger partial charge in [0.1, 0.15) is 0 Å². The van der Waals surface area contributed by atoms with Gasteiger partial charge in [0.25, 0.3) is 0 Å². The molecular formula is C17H19NO5S2. The molecule has 1 saturated heterocycles. The lowest BCUT2D eigenvalue weighted by Crippen LogP contribution is -2.25. The monoisotopic (exact) mass is 381 g/mol. The molecule has 0 bridgehead atoms. The number of nitrogens with one attached hydrogen (secondary N) is 1. The predicted octanol–water partition coefficient (Wildman–Crippen LogP) is 2.20. The van der Waals surface area contributed by atoms with Gasteiger partial charge in [0.15, 0.2) is 15.9 Å². The third kappa shape index (κ3) is 4.24. The number of Topliss-reactive ketones (excluding diaryl/α,β-unsaturated/α-hetero) is 1. The predicted molar refractivity (Wildman–Crippen MR) is 97.7 cm³/mol. The molecule has 0 spiro atoms. The van der Waals surface area contributed by atoms with Gasteiger partial charge in [-0.25, -0.2) is 8.42 Å². The standard InChI is InChI=1S/C17H19NO5S2/c1-11(17(20)14-8-18-15-5-3-2-4-13(14)15)23-16(19)9-24-12-6-7-25(21,22)10-12/h2-5,8,11-12,18H,6-7,9-10H2,1H3/t11-,12+/m0/s1. The number of carbonyl (C=O) groups is 2. The molecule has 0 saturated carbocycles. The van der Waals surface area contributed by atoms with E-state index in [1.807, 2.05) is 24.3 Å². The van der Waals surface area contributed by atoms with Crippen LogP contribution in [0.4, 0.5) is 0 Å². The number of benzene rings is 1. The molecule has 0 aliphatic carbocycles. The van der Waals surface area contributed by atoms with Crippen molar-refractivity contribution in [3.8, 4) is 0 Å². The van der Waals surface area contributed by atoms with Crippen molar-refractivity contribution in [1.82, 2.24) is 4.98 Å². The zero-order valence-corrected chi connectivity index (χ0v) is 15.4. The van der Waals surface area contributed by atoms with Gasteiger partial charge in [0, 0.05) is 27.9 Å². The first-order valence-corrected chi connectivity index (χ1v) is 10.8. The molecule has 1 N–H and O–H groups in total. The molecule has 2 atom stereocenters. The molecule has 1 aliphatic rings. The first kappa shape index (κ1) is 18.0. The van der Waals surface area contributed by atoms with Crippen LogP contribution in [0.5, 0.6) is 0 Å². The summed E-state index contributed by atoms with van der Waals surface area (Å²) in [6.45, 7) is 1.55. The summed E-state index contributed by atoms with van der Waals surface area (Å²) in [6, 6.07) is 7.42. The summed E-state index contributed by atoms with van der Waals surface area (Å²) >= 11 is 1.28. The Labute approximate surface area is 150 Å². The Hall–Kier alpha value is -1.80. The molecule has 25 heavy (non-hydrogen) atoms. The summed E-state index contributed by atoms with van der Waals surface area (Å²) in [5.74, 6) is -0.440. The Morgan fingerprint density at radius 2 is 2.12 bits per heavy atom. The quantitative estimate of drug-likeness (QED) is 0.609. The van der Waals surface area contributed by atoms with E-state index in [0.29, 0.717) is 12.0 Å². The zero-order chi connectivity index (χ0) is 18.0. The molecule has 2 heterocycles. The fourth-order valence-electron chi connectivity index (χ4n) is 2.86. The fraction of sp³-hybridized carbons (Fsp3) is 0.412. The highest BCUT2D eigenvalue weighted by atomic mass is 32.2. The largest absolute Gasteiger partial charge is 0.454 e. The average molecular weight is 381 g/mol. The number of ketones is 1. The number of aromatic nitrogens is 1. The Bertz CT molecular complexity index is 903. The summed E-state index contributed by atoms with van der Waals surface area (Å²) in [5.41, 5.74) is 1.34. The van der Waals surface area contributed by atoms with Gasteiger partial charge < -0.3 is 9.72 Å². The minimum absolute atomic E-state index is 0.0473. The number of aromatic amines is 1. The number of para-hydroxylation sites is 1. The molecule has 0 radical (unpaired) electrons. The van der Waals surface area contributed by atoms with Crippen molar-refractivity contribution in [3.63, 3.8) is 0 Å². The van der Waals surface area contributed by atoms with Crippen molar-refractivity contribution in [3.05, 3.63) is 36.0 Å². The molecule has 3 rings (SSSR count). The summed E-state index contributed by atoms with van der Waals surface area (Å²) in [4.78, 5) is 27.5. The Kier molecular flexibility index (Phi) is 5.19. The highest BCUT2D eigenvalue weighted by molar-refractivity contribution is 8.02. The van der Waals surface area contributed by atoms with E-state index < -0.39 is 21.9 Å². The van der Waals surface area contributed by atoms with Crippen LogP contribution in [0.25, 0.3) is 10.9 Å². The molecule has 1 fully saturated rings. The highest BCUT2D eigenvalue weighted by Crippen LogP contribution is 2.25. The fourth-order valence-corrected chi connectivity index (χ4v) is 6.28. The summed E-state index contributed by atoms with van der Waals surface area (Å²) < 4.78 is 28.1. The minimum Gasteiger partial charge on any atom is -0.454 e. The van der Waals surface area contributed by atoms with Gasteiger partial charge in [-0.05, 0) is 19.4 Å². The number of sulfone groups is 1. The summed E-state index contributed by atoms with van der Waals surface area (Å²) in [5, 5.41) is 0.720. The van der Waals surface area contributed by atoms with Gasteiger partial charge in [-0.2, -0.15) is 0 Å². The molecular weight excluding hydrogens is 362 g/mol. The minimum atomic E-state index is -2.96. The second-order valence-electron chi connectivity index (χ2n) is 6.08. The van der Waals surface area contributed by atoms with Gasteiger partial charge in [-0.1, -0.05) is 18.2 Å². The van der Waals surface area contributed by atoms with Crippen molar-refractivity contribution < 1.29 is 22.7 Å². The van der Waals surface area contributed by atoms with E-state index in [4.69, 9.17) is 4.74 Å². The van der Waals surface area contributed by atoms with E-state index in [2.05, 4.69) is 4.98 Å². The number of H-pyrrole nitrogens is 1. The van der Waals surface area contributed by atoms with E-state index in [1.165, 1.54) is 11.8 Å². The van der Waals surface area contributed by atoms with E-state index in [9.17, 15) is 18.0 Å². The lowest BCUT2D eigenvalue weighted by molar-refractivity contribution is -0.143. The molecule has 1 aromatic carbocycles. The van der Waals surface area contributed by atoms with Crippen LogP contribution < -0.4 is 0 Å². The van der Waals surface area contributed by atoms with Crippen molar-refractivity contribution in [2.75, 3.05) is 17.3 Å². The molecule has 0 unspecified atom stereocenters. The lowest BCUT2D eigenvalue weighted by atomic mass is 10.1. The maximum atomic E-state index is 12.5. The number of hydrogen-bond donors (Lipinski definition) is 1. The first-order valence-electron chi connectivity index (χ1n) is 7.97. The normalized spacial score (nSPS) is 20.4. The molecule has 1 aliphatic heterocycles. The van der Waals surface area contributed by atoms with Crippen molar-refractivity contribution >= 4 is 44.3 Å². The zero-order valence-electron chi connectivity index (χ0n) is 13.7. The molecule has 0 amide bonds. The molecule has 1 aromatic heterocycles. The van der Waals surface area contributed by atoms with Gasteiger partial charge in [-0.3, -0.25) is 9.59 Å². The van der Waals surface area contributed by atoms with Crippen LogP contribution in [0, 0.1) is 0 Å². The SMILES string of the molecule is C[C@H](OC(=O)CS[C@@H]1CCS(=O)(=O)C1)C(=O)c1c[nH]c2ccccc12. The van der Waals surface area contributed by atoms with E-state index in [-0.39, 0.29) is 28.3 Å². The van der Waals surface area contributed by atoms with Gasteiger partial charge in [0.05, 0.1) is 17.3 Å². The maximum Gasteiger partial charge on any atom is 0.316 e. The number of fused-ring (bicyclic) bond motifs is 1. The number of hydrogen-bond acceptors (Lipinski definition) is 6. The summed E-state index contributed by atoms with van der Waals surface area (Å²) in [6.07, 6.45) is 1.29.